The smallest absolute Gasteiger partial charge is 0.265 e. The zero-order valence-electron chi connectivity index (χ0n) is 8.91. The lowest BCUT2D eigenvalue weighted by Crippen LogP contribution is -2.15. The van der Waals surface area contributed by atoms with E-state index in [4.69, 9.17) is 17.3 Å². The van der Waals surface area contributed by atoms with Gasteiger partial charge in [-0.3, -0.25) is 0 Å². The number of nitrogens with one attached hydrogen (secondary N) is 1. The summed E-state index contributed by atoms with van der Waals surface area (Å²) in [7, 11) is -3.80. The van der Waals surface area contributed by atoms with Crippen molar-refractivity contribution in [3.63, 3.8) is 0 Å². The van der Waals surface area contributed by atoms with Crippen LogP contribution in [0.25, 0.3) is 0 Å². The molecule has 0 bridgehead atoms. The summed E-state index contributed by atoms with van der Waals surface area (Å²) < 4.78 is 26.0. The number of sulfonamides is 1. The van der Waals surface area contributed by atoms with Crippen LogP contribution in [0.3, 0.4) is 0 Å². The van der Waals surface area contributed by atoms with E-state index < -0.39 is 10.0 Å². The summed E-state index contributed by atoms with van der Waals surface area (Å²) in [5.41, 5.74) is 5.37. The normalized spacial score (nSPS) is 11.2. The molecule has 0 amide bonds. The van der Waals surface area contributed by atoms with E-state index in [0.29, 0.717) is 0 Å². The minimum Gasteiger partial charge on any atom is -0.384 e. The SMILES string of the molecule is Nc1ccc(S(=O)(=O)Nc2nccc(Cl)n2)cn1. The molecule has 0 aromatic carbocycles. The van der Waals surface area contributed by atoms with Crippen LogP contribution in [-0.4, -0.2) is 23.4 Å². The van der Waals surface area contributed by atoms with Gasteiger partial charge in [0, 0.05) is 12.4 Å². The summed E-state index contributed by atoms with van der Waals surface area (Å²) in [6.45, 7) is 0. The van der Waals surface area contributed by atoms with Gasteiger partial charge in [-0.15, -0.1) is 0 Å². The summed E-state index contributed by atoms with van der Waals surface area (Å²) in [4.78, 5) is 11.1. The molecule has 0 unspecified atom stereocenters. The van der Waals surface area contributed by atoms with Gasteiger partial charge in [0.05, 0.1) is 0 Å². The van der Waals surface area contributed by atoms with Crippen LogP contribution < -0.4 is 10.5 Å². The van der Waals surface area contributed by atoms with Crippen LogP contribution in [-0.2, 0) is 10.0 Å². The number of rotatable bonds is 3. The quantitative estimate of drug-likeness (QED) is 0.811. The first-order valence-corrected chi connectivity index (χ1v) is 6.56. The maximum Gasteiger partial charge on any atom is 0.265 e. The molecule has 2 aromatic rings. The Morgan fingerprint density at radius 3 is 2.61 bits per heavy atom. The number of nitrogens with two attached hydrogens (primary N) is 1. The number of aromatic nitrogens is 3. The van der Waals surface area contributed by atoms with E-state index in [1.165, 1.54) is 24.4 Å². The van der Waals surface area contributed by atoms with Crippen molar-refractivity contribution in [3.05, 3.63) is 35.7 Å². The van der Waals surface area contributed by atoms with E-state index in [2.05, 4.69) is 19.7 Å². The monoisotopic (exact) mass is 285 g/mol. The Kier molecular flexibility index (Phi) is 3.30. The Hall–Kier alpha value is -1.93. The Morgan fingerprint density at radius 2 is 2.00 bits per heavy atom. The van der Waals surface area contributed by atoms with Crippen molar-refractivity contribution in [1.29, 1.82) is 0 Å². The molecule has 0 radical (unpaired) electrons. The van der Waals surface area contributed by atoms with Gasteiger partial charge < -0.3 is 5.73 Å². The molecule has 2 aromatic heterocycles. The predicted octanol–water partition coefficient (Wildman–Crippen LogP) is 0.908. The Balaban J connectivity index is 2.30. The number of anilines is 2. The molecule has 0 saturated heterocycles. The van der Waals surface area contributed by atoms with E-state index in [1.54, 1.807) is 0 Å². The molecule has 0 fully saturated rings. The van der Waals surface area contributed by atoms with Crippen LogP contribution in [0.1, 0.15) is 0 Å². The molecule has 7 nitrogen and oxygen atoms in total. The number of hydrogen-bond donors (Lipinski definition) is 2. The molecule has 0 atom stereocenters. The van der Waals surface area contributed by atoms with Gasteiger partial charge in [-0.25, -0.2) is 28.1 Å². The van der Waals surface area contributed by atoms with Gasteiger partial charge in [0.15, 0.2) is 0 Å². The fourth-order valence-corrected chi connectivity index (χ4v) is 2.15. The van der Waals surface area contributed by atoms with Gasteiger partial charge in [0.25, 0.3) is 10.0 Å². The van der Waals surface area contributed by atoms with Gasteiger partial charge in [-0.1, -0.05) is 11.6 Å². The highest BCUT2D eigenvalue weighted by atomic mass is 35.5. The van der Waals surface area contributed by atoms with Crippen LogP contribution in [0.4, 0.5) is 11.8 Å². The fraction of sp³-hybridized carbons (Fsp3) is 0. The van der Waals surface area contributed by atoms with Gasteiger partial charge in [0.2, 0.25) is 5.95 Å². The van der Waals surface area contributed by atoms with Crippen molar-refractivity contribution in [3.8, 4) is 0 Å². The summed E-state index contributed by atoms with van der Waals surface area (Å²) in [5.74, 6) is 0.118. The highest BCUT2D eigenvalue weighted by Gasteiger charge is 2.15. The van der Waals surface area contributed by atoms with Gasteiger partial charge in [0.1, 0.15) is 15.9 Å². The minimum absolute atomic E-state index is 0.0414. The molecule has 0 aliphatic carbocycles. The second kappa shape index (κ2) is 4.75. The summed E-state index contributed by atoms with van der Waals surface area (Å²) in [6.07, 6.45) is 2.48. The molecule has 9 heteroatoms. The molecule has 18 heavy (non-hydrogen) atoms. The second-order valence-electron chi connectivity index (χ2n) is 3.23. The molecule has 2 heterocycles. The zero-order valence-corrected chi connectivity index (χ0v) is 10.5. The van der Waals surface area contributed by atoms with Crippen LogP contribution >= 0.6 is 11.6 Å². The minimum atomic E-state index is -3.80. The molecule has 94 valence electrons. The fourth-order valence-electron chi connectivity index (χ4n) is 1.12. The first-order chi connectivity index (χ1) is 8.47. The van der Waals surface area contributed by atoms with Crippen LogP contribution in [0.2, 0.25) is 5.15 Å². The average molecular weight is 286 g/mol. The third-order valence-corrected chi connectivity index (χ3v) is 3.44. The van der Waals surface area contributed by atoms with E-state index in [-0.39, 0.29) is 21.8 Å². The third kappa shape index (κ3) is 2.84. The molecule has 2 rings (SSSR count). The first kappa shape index (κ1) is 12.5. The average Bonchev–Trinajstić information content (AvgIpc) is 2.29. The zero-order chi connectivity index (χ0) is 13.2. The van der Waals surface area contributed by atoms with Crippen molar-refractivity contribution >= 4 is 33.4 Å². The van der Waals surface area contributed by atoms with Gasteiger partial charge in [-0.2, -0.15) is 0 Å². The Labute approximate surface area is 108 Å². The Bertz CT molecular complexity index is 659. The third-order valence-electron chi connectivity index (χ3n) is 1.92. The van der Waals surface area contributed by atoms with Crippen molar-refractivity contribution in [1.82, 2.24) is 15.0 Å². The highest BCUT2D eigenvalue weighted by Crippen LogP contribution is 2.14. The lowest BCUT2D eigenvalue weighted by atomic mass is 10.5. The molecular weight excluding hydrogens is 278 g/mol. The standard InChI is InChI=1S/C9H8ClN5O2S/c10-7-3-4-12-9(14-7)15-18(16,17)6-1-2-8(11)13-5-6/h1-5H,(H2,11,13)(H,12,14,15). The predicted molar refractivity (Wildman–Crippen MR) is 66.5 cm³/mol. The number of nitrogen functional groups attached to an aromatic ring is 1. The number of halogens is 1. The highest BCUT2D eigenvalue weighted by molar-refractivity contribution is 7.92. The lowest BCUT2D eigenvalue weighted by molar-refractivity contribution is 0.600. The van der Waals surface area contributed by atoms with E-state index >= 15 is 0 Å². The van der Waals surface area contributed by atoms with Crippen molar-refractivity contribution in [2.24, 2.45) is 0 Å². The van der Waals surface area contributed by atoms with Crippen LogP contribution in [0, 0.1) is 0 Å². The lowest BCUT2D eigenvalue weighted by Gasteiger charge is -2.06. The van der Waals surface area contributed by atoms with Crippen molar-refractivity contribution < 1.29 is 8.42 Å². The van der Waals surface area contributed by atoms with Gasteiger partial charge >= 0.3 is 0 Å². The molecule has 3 N–H and O–H groups in total. The number of hydrogen-bond acceptors (Lipinski definition) is 6. The summed E-state index contributed by atoms with van der Waals surface area (Å²) in [6, 6.07) is 4.15. The van der Waals surface area contributed by atoms with Crippen LogP contribution in [0.15, 0.2) is 35.5 Å². The van der Waals surface area contributed by atoms with E-state index in [9.17, 15) is 8.42 Å². The van der Waals surface area contributed by atoms with Crippen molar-refractivity contribution in [2.75, 3.05) is 10.5 Å². The van der Waals surface area contributed by atoms with E-state index in [1.807, 2.05) is 0 Å². The largest absolute Gasteiger partial charge is 0.384 e. The number of pyridine rings is 1. The maximum atomic E-state index is 11.9. The topological polar surface area (TPSA) is 111 Å². The molecular formula is C9H8ClN5O2S. The first-order valence-electron chi connectivity index (χ1n) is 4.70. The summed E-state index contributed by atoms with van der Waals surface area (Å²) in [5, 5.41) is 0.137. The maximum absolute atomic E-state index is 11.9. The molecule has 0 spiro atoms. The van der Waals surface area contributed by atoms with Crippen molar-refractivity contribution in [2.45, 2.75) is 4.90 Å². The molecule has 0 aliphatic heterocycles. The van der Waals surface area contributed by atoms with E-state index in [0.717, 1.165) is 6.20 Å². The summed E-state index contributed by atoms with van der Waals surface area (Å²) >= 11 is 5.63. The van der Waals surface area contributed by atoms with Crippen LogP contribution in [0.5, 0.6) is 0 Å². The molecule has 0 saturated carbocycles. The Morgan fingerprint density at radius 1 is 1.22 bits per heavy atom. The molecule has 0 aliphatic rings. The van der Waals surface area contributed by atoms with Gasteiger partial charge in [-0.05, 0) is 18.2 Å². The number of nitrogens with zero attached hydrogens (tertiary/aromatic N) is 3. The second-order valence-corrected chi connectivity index (χ2v) is 5.30.